The number of hydrogen-bond donors (Lipinski definition) is 2. The maximum atomic E-state index is 12.1. The van der Waals surface area contributed by atoms with Crippen molar-refractivity contribution in [1.29, 1.82) is 0 Å². The second kappa shape index (κ2) is 7.06. The molecule has 0 aliphatic rings. The molecule has 0 aliphatic heterocycles. The highest BCUT2D eigenvalue weighted by Crippen LogP contribution is 2.14. The van der Waals surface area contributed by atoms with Crippen LogP contribution in [0.15, 0.2) is 29.2 Å². The lowest BCUT2D eigenvalue weighted by atomic mass is 10.2. The van der Waals surface area contributed by atoms with Crippen LogP contribution in [0.1, 0.15) is 27.2 Å². The second-order valence-corrected chi connectivity index (χ2v) is 6.77. The molecule has 0 heterocycles. The average molecular weight is 319 g/mol. The topological polar surface area (TPSA) is 75.3 Å². The van der Waals surface area contributed by atoms with Crippen LogP contribution in [0.5, 0.6) is 0 Å². The number of halogens is 1. The molecular weight excluding hydrogens is 300 g/mol. The van der Waals surface area contributed by atoms with Crippen LogP contribution in [0.4, 0.5) is 0 Å². The molecule has 2 atom stereocenters. The Labute approximate surface area is 124 Å². The fraction of sp³-hybridized carbons (Fsp3) is 0.462. The Morgan fingerprint density at radius 1 is 1.25 bits per heavy atom. The highest BCUT2D eigenvalue weighted by Gasteiger charge is 2.22. The van der Waals surface area contributed by atoms with Gasteiger partial charge < -0.3 is 5.32 Å². The van der Waals surface area contributed by atoms with E-state index in [1.807, 2.05) is 13.8 Å². The summed E-state index contributed by atoms with van der Waals surface area (Å²) < 4.78 is 26.5. The summed E-state index contributed by atoms with van der Waals surface area (Å²) in [4.78, 5) is 11.9. The third kappa shape index (κ3) is 4.77. The summed E-state index contributed by atoms with van der Waals surface area (Å²) in [5, 5.41) is 3.18. The van der Waals surface area contributed by atoms with E-state index in [4.69, 9.17) is 11.6 Å². The lowest BCUT2D eigenvalue weighted by Gasteiger charge is -2.17. The van der Waals surface area contributed by atoms with Gasteiger partial charge in [0.1, 0.15) is 0 Å². The third-order valence-corrected chi connectivity index (χ3v) is 4.66. The van der Waals surface area contributed by atoms with Crippen molar-refractivity contribution in [3.63, 3.8) is 0 Å². The van der Waals surface area contributed by atoms with Gasteiger partial charge in [-0.15, -0.1) is 0 Å². The van der Waals surface area contributed by atoms with E-state index in [0.717, 1.165) is 6.42 Å². The summed E-state index contributed by atoms with van der Waals surface area (Å²) in [6.45, 7) is 5.30. The Hall–Kier alpha value is -1.11. The molecule has 0 fully saturated rings. The molecule has 0 bridgehead atoms. The molecule has 2 unspecified atom stereocenters. The van der Waals surface area contributed by atoms with E-state index in [9.17, 15) is 13.2 Å². The molecule has 0 radical (unpaired) electrons. The molecule has 0 spiro atoms. The first-order valence-corrected chi connectivity index (χ1v) is 8.20. The van der Waals surface area contributed by atoms with Crippen molar-refractivity contribution < 1.29 is 13.2 Å². The number of carbonyl (C=O) groups is 1. The molecule has 1 aromatic rings. The predicted molar refractivity (Wildman–Crippen MR) is 79.1 cm³/mol. The SMILES string of the molecule is CCC(C)NC(=O)C(C)NS(=O)(=O)c1ccc(Cl)cc1. The summed E-state index contributed by atoms with van der Waals surface area (Å²) in [6, 6.07) is 4.92. The predicted octanol–water partition coefficient (Wildman–Crippen LogP) is 1.92. The molecule has 1 rings (SSSR count). The van der Waals surface area contributed by atoms with E-state index in [1.165, 1.54) is 31.2 Å². The maximum absolute atomic E-state index is 12.1. The van der Waals surface area contributed by atoms with Crippen molar-refractivity contribution in [2.75, 3.05) is 0 Å². The van der Waals surface area contributed by atoms with Crippen LogP contribution in [-0.2, 0) is 14.8 Å². The van der Waals surface area contributed by atoms with Crippen molar-refractivity contribution in [1.82, 2.24) is 10.0 Å². The van der Waals surface area contributed by atoms with Crippen LogP contribution >= 0.6 is 11.6 Å². The lowest BCUT2D eigenvalue weighted by Crippen LogP contribution is -2.47. The van der Waals surface area contributed by atoms with Gasteiger partial charge in [0.2, 0.25) is 15.9 Å². The van der Waals surface area contributed by atoms with Gasteiger partial charge in [-0.3, -0.25) is 4.79 Å². The van der Waals surface area contributed by atoms with Crippen molar-refractivity contribution >= 4 is 27.5 Å². The highest BCUT2D eigenvalue weighted by molar-refractivity contribution is 7.89. The van der Waals surface area contributed by atoms with Crippen molar-refractivity contribution in [2.45, 2.75) is 44.2 Å². The van der Waals surface area contributed by atoms with E-state index in [1.54, 1.807) is 0 Å². The van der Waals surface area contributed by atoms with Crippen LogP contribution in [0.2, 0.25) is 5.02 Å². The Kier molecular flexibility index (Phi) is 5.98. The standard InChI is InChI=1S/C13H19ClN2O3S/c1-4-9(2)15-13(17)10(3)16-20(18,19)12-7-5-11(14)6-8-12/h5-10,16H,4H2,1-3H3,(H,15,17). The van der Waals surface area contributed by atoms with Gasteiger partial charge >= 0.3 is 0 Å². The average Bonchev–Trinajstić information content (AvgIpc) is 2.38. The Balaban J connectivity index is 2.75. The Bertz CT molecular complexity index is 557. The second-order valence-electron chi connectivity index (χ2n) is 4.61. The van der Waals surface area contributed by atoms with Gasteiger partial charge in [0.15, 0.2) is 0 Å². The first-order chi connectivity index (χ1) is 9.26. The van der Waals surface area contributed by atoms with Crippen molar-refractivity contribution in [2.24, 2.45) is 0 Å². The van der Waals surface area contributed by atoms with Crippen LogP contribution in [-0.4, -0.2) is 26.4 Å². The summed E-state index contributed by atoms with van der Waals surface area (Å²) >= 11 is 5.71. The number of carbonyl (C=O) groups excluding carboxylic acids is 1. The molecule has 0 saturated carbocycles. The monoisotopic (exact) mass is 318 g/mol. The fourth-order valence-corrected chi connectivity index (χ4v) is 2.77. The fourth-order valence-electron chi connectivity index (χ4n) is 1.44. The zero-order chi connectivity index (χ0) is 15.3. The number of benzene rings is 1. The molecule has 0 aromatic heterocycles. The van der Waals surface area contributed by atoms with E-state index in [2.05, 4.69) is 10.0 Å². The van der Waals surface area contributed by atoms with Crippen molar-refractivity contribution in [3.05, 3.63) is 29.3 Å². The minimum atomic E-state index is -3.73. The van der Waals surface area contributed by atoms with Gasteiger partial charge in [-0.1, -0.05) is 18.5 Å². The Morgan fingerprint density at radius 2 is 1.80 bits per heavy atom. The lowest BCUT2D eigenvalue weighted by molar-refractivity contribution is -0.122. The van der Waals surface area contributed by atoms with Gasteiger partial charge in [0.05, 0.1) is 10.9 Å². The smallest absolute Gasteiger partial charge is 0.241 e. The van der Waals surface area contributed by atoms with Gasteiger partial charge in [0.25, 0.3) is 0 Å². The summed E-state index contributed by atoms with van der Waals surface area (Å²) in [5.74, 6) is -0.350. The molecular formula is C13H19ClN2O3S. The molecule has 2 N–H and O–H groups in total. The highest BCUT2D eigenvalue weighted by atomic mass is 35.5. The molecule has 7 heteroatoms. The number of amides is 1. The molecule has 112 valence electrons. The third-order valence-electron chi connectivity index (χ3n) is 2.85. The first-order valence-electron chi connectivity index (χ1n) is 6.34. The van der Waals surface area contributed by atoms with Gasteiger partial charge in [-0.05, 0) is 44.5 Å². The zero-order valence-corrected chi connectivity index (χ0v) is 13.3. The van der Waals surface area contributed by atoms with Gasteiger partial charge in [0, 0.05) is 11.1 Å². The molecule has 0 aliphatic carbocycles. The molecule has 0 saturated heterocycles. The van der Waals surface area contributed by atoms with E-state index >= 15 is 0 Å². The summed E-state index contributed by atoms with van der Waals surface area (Å²) in [6.07, 6.45) is 0.780. The summed E-state index contributed by atoms with van der Waals surface area (Å²) in [5.41, 5.74) is 0. The minimum Gasteiger partial charge on any atom is -0.352 e. The van der Waals surface area contributed by atoms with Crippen LogP contribution in [0.25, 0.3) is 0 Å². The van der Waals surface area contributed by atoms with E-state index < -0.39 is 16.1 Å². The van der Waals surface area contributed by atoms with Gasteiger partial charge in [-0.25, -0.2) is 8.42 Å². The van der Waals surface area contributed by atoms with Crippen LogP contribution < -0.4 is 10.0 Å². The largest absolute Gasteiger partial charge is 0.352 e. The first kappa shape index (κ1) is 16.9. The zero-order valence-electron chi connectivity index (χ0n) is 11.7. The van der Waals surface area contributed by atoms with E-state index in [0.29, 0.717) is 5.02 Å². The quantitative estimate of drug-likeness (QED) is 0.841. The Morgan fingerprint density at radius 3 is 2.30 bits per heavy atom. The normalized spacial score (nSPS) is 14.6. The van der Waals surface area contributed by atoms with Crippen molar-refractivity contribution in [3.8, 4) is 0 Å². The number of nitrogens with one attached hydrogen (secondary N) is 2. The molecule has 1 amide bonds. The van der Waals surface area contributed by atoms with Crippen LogP contribution in [0.3, 0.4) is 0 Å². The molecule has 5 nitrogen and oxygen atoms in total. The number of rotatable bonds is 6. The minimum absolute atomic E-state index is 0.00462. The number of sulfonamides is 1. The molecule has 1 aromatic carbocycles. The maximum Gasteiger partial charge on any atom is 0.241 e. The van der Waals surface area contributed by atoms with E-state index in [-0.39, 0.29) is 16.8 Å². The number of hydrogen-bond acceptors (Lipinski definition) is 3. The van der Waals surface area contributed by atoms with Crippen LogP contribution in [0, 0.1) is 0 Å². The summed E-state index contributed by atoms with van der Waals surface area (Å²) in [7, 11) is -3.73. The molecule has 20 heavy (non-hydrogen) atoms. The van der Waals surface area contributed by atoms with Gasteiger partial charge in [-0.2, -0.15) is 4.72 Å².